The molecule has 3 rings (SSSR count). The van der Waals surface area contributed by atoms with E-state index in [1.807, 2.05) is 44.2 Å². The van der Waals surface area contributed by atoms with Gasteiger partial charge in [0.2, 0.25) is 11.8 Å². The van der Waals surface area contributed by atoms with E-state index in [9.17, 15) is 14.4 Å². The van der Waals surface area contributed by atoms with Crippen molar-refractivity contribution in [3.05, 3.63) is 35.9 Å². The molecule has 0 radical (unpaired) electrons. The second-order valence-corrected chi connectivity index (χ2v) is 9.93. The van der Waals surface area contributed by atoms with E-state index < -0.39 is 16.8 Å². The molecule has 2 saturated heterocycles. The molecule has 2 fully saturated rings. The minimum Gasteiger partial charge on any atom is -0.463 e. The zero-order valence-electron chi connectivity index (χ0n) is 18.1. The van der Waals surface area contributed by atoms with Gasteiger partial charge in [0, 0.05) is 12.7 Å². The van der Waals surface area contributed by atoms with Crippen LogP contribution in [0.15, 0.2) is 30.3 Å². The van der Waals surface area contributed by atoms with Crippen LogP contribution in [-0.2, 0) is 25.5 Å². The molecule has 7 nitrogen and oxygen atoms in total. The van der Waals surface area contributed by atoms with Gasteiger partial charge in [-0.15, -0.1) is 11.8 Å². The number of amides is 2. The maximum absolute atomic E-state index is 12.8. The van der Waals surface area contributed by atoms with E-state index in [1.165, 1.54) is 0 Å². The zero-order chi connectivity index (χ0) is 21.9. The van der Waals surface area contributed by atoms with Crippen molar-refractivity contribution in [3.63, 3.8) is 0 Å². The van der Waals surface area contributed by atoms with Crippen LogP contribution in [0.2, 0.25) is 0 Å². The van der Waals surface area contributed by atoms with Crippen molar-refractivity contribution in [1.82, 2.24) is 15.1 Å². The minimum absolute atomic E-state index is 0. The number of hydrogen-bond donors (Lipinski definition) is 1. The highest BCUT2D eigenvalue weighted by Gasteiger charge is 2.64. The van der Waals surface area contributed by atoms with E-state index in [4.69, 9.17) is 4.74 Å². The minimum atomic E-state index is -0.640. The highest BCUT2D eigenvalue weighted by molar-refractivity contribution is 8.01. The summed E-state index contributed by atoms with van der Waals surface area (Å²) >= 11 is 1.54. The summed E-state index contributed by atoms with van der Waals surface area (Å²) in [7, 11) is 0. The summed E-state index contributed by atoms with van der Waals surface area (Å²) in [5, 5.41) is 2.60. The Morgan fingerprint density at radius 3 is 2.53 bits per heavy atom. The molecule has 166 valence electrons. The van der Waals surface area contributed by atoms with Crippen LogP contribution < -0.4 is 5.32 Å². The number of ether oxygens (including phenoxy) is 1. The molecule has 0 spiro atoms. The fourth-order valence-corrected chi connectivity index (χ4v) is 5.65. The zero-order valence-corrected chi connectivity index (χ0v) is 18.9. The highest BCUT2D eigenvalue weighted by Crippen LogP contribution is 2.51. The molecule has 0 aliphatic carbocycles. The average Bonchev–Trinajstić information content (AvgIpc) is 2.98. The van der Waals surface area contributed by atoms with Crippen LogP contribution >= 0.6 is 11.8 Å². The third kappa shape index (κ3) is 4.64. The Balaban J connectivity index is 0.00000341. The van der Waals surface area contributed by atoms with Crippen LogP contribution in [0.25, 0.3) is 0 Å². The second kappa shape index (κ2) is 9.39. The molecule has 3 atom stereocenters. The lowest BCUT2D eigenvalue weighted by molar-refractivity contribution is -0.164. The van der Waals surface area contributed by atoms with Crippen molar-refractivity contribution < 1.29 is 20.5 Å². The molecule has 2 amide bonds. The first-order chi connectivity index (χ1) is 14.3. The predicted molar refractivity (Wildman–Crippen MR) is 119 cm³/mol. The van der Waals surface area contributed by atoms with Crippen molar-refractivity contribution in [3.8, 4) is 0 Å². The van der Waals surface area contributed by atoms with Crippen LogP contribution in [0, 0.1) is 0 Å². The number of rotatable bonds is 9. The van der Waals surface area contributed by atoms with E-state index in [-0.39, 0.29) is 31.0 Å². The summed E-state index contributed by atoms with van der Waals surface area (Å²) < 4.78 is 5.04. The van der Waals surface area contributed by atoms with E-state index in [0.717, 1.165) is 18.7 Å². The summed E-state index contributed by atoms with van der Waals surface area (Å²) in [6.45, 7) is 10.8. The number of nitrogens with zero attached hydrogens (tertiary/aromatic N) is 2. The molecular formula is C22H33N3O4S. The number of thioether (sulfide) groups is 1. The number of carbonyl (C=O) groups is 3. The van der Waals surface area contributed by atoms with Crippen LogP contribution in [0.4, 0.5) is 0 Å². The molecule has 0 unspecified atom stereocenters. The number of carbonyl (C=O) groups excluding carboxylic acids is 3. The Kier molecular flexibility index (Phi) is 7.08. The molecular weight excluding hydrogens is 402 g/mol. The maximum Gasteiger partial charge on any atom is 0.330 e. The molecule has 1 N–H and O–H groups in total. The molecule has 2 heterocycles. The van der Waals surface area contributed by atoms with Crippen molar-refractivity contribution in [2.45, 2.75) is 56.3 Å². The van der Waals surface area contributed by atoms with E-state index >= 15 is 0 Å². The lowest BCUT2D eigenvalue weighted by atomic mass is 9.96. The molecule has 2 aliphatic heterocycles. The SMILES string of the molecule is CCN(CC)CCOC(=O)[C@@H]1N2C(=O)[C@@H](NC(=O)Cc3ccccc3)[C@H]2SC1(C)C.[HH]. The van der Waals surface area contributed by atoms with E-state index in [1.54, 1.807) is 16.7 Å². The van der Waals surface area contributed by atoms with Crippen LogP contribution in [0.3, 0.4) is 0 Å². The first kappa shape index (κ1) is 22.6. The summed E-state index contributed by atoms with van der Waals surface area (Å²) in [5.74, 6) is -0.780. The van der Waals surface area contributed by atoms with Crippen molar-refractivity contribution in [1.29, 1.82) is 0 Å². The summed E-state index contributed by atoms with van der Waals surface area (Å²) in [5.41, 5.74) is 0.896. The Hall–Kier alpha value is -2.06. The third-order valence-electron chi connectivity index (χ3n) is 5.73. The third-order valence-corrected chi connectivity index (χ3v) is 7.31. The lowest BCUT2D eigenvalue weighted by Gasteiger charge is -2.44. The maximum atomic E-state index is 12.8. The Morgan fingerprint density at radius 1 is 1.23 bits per heavy atom. The summed E-state index contributed by atoms with van der Waals surface area (Å²) in [6.07, 6.45) is 0.224. The Bertz CT molecular complexity index is 788. The molecule has 8 heteroatoms. The molecule has 2 aliphatic rings. The van der Waals surface area contributed by atoms with Gasteiger partial charge in [0.25, 0.3) is 0 Å². The van der Waals surface area contributed by atoms with Gasteiger partial charge < -0.3 is 19.9 Å². The first-order valence-corrected chi connectivity index (χ1v) is 11.4. The van der Waals surface area contributed by atoms with Gasteiger partial charge in [-0.1, -0.05) is 44.2 Å². The first-order valence-electron chi connectivity index (χ1n) is 10.5. The molecule has 30 heavy (non-hydrogen) atoms. The number of hydrogen-bond acceptors (Lipinski definition) is 6. The summed E-state index contributed by atoms with van der Waals surface area (Å²) in [4.78, 5) is 41.7. The number of nitrogens with one attached hydrogen (secondary N) is 1. The van der Waals surface area contributed by atoms with Crippen molar-refractivity contribution in [2.24, 2.45) is 0 Å². The van der Waals surface area contributed by atoms with E-state index in [0.29, 0.717) is 13.2 Å². The molecule has 0 saturated carbocycles. The number of likely N-dealkylation sites (N-methyl/N-ethyl adjacent to an activating group) is 1. The van der Waals surface area contributed by atoms with Gasteiger partial charge >= 0.3 is 5.97 Å². The Morgan fingerprint density at radius 2 is 1.90 bits per heavy atom. The number of β-lactam (4-membered cyclic amide) rings is 1. The number of benzene rings is 1. The highest BCUT2D eigenvalue weighted by atomic mass is 32.2. The molecule has 1 aromatic carbocycles. The van der Waals surface area contributed by atoms with Crippen LogP contribution in [0.1, 0.15) is 34.7 Å². The standard InChI is InChI=1S/C22H31N3O4S.H2/c1-5-24(6-2)12-13-29-21(28)18-22(3,4)30-20-17(19(27)25(18)20)23-16(26)14-15-10-8-7-9-11-15;/h7-11,17-18,20H,5-6,12-14H2,1-4H3,(H,23,26);1H/t17-,18+,20-;/m1./s1. The smallest absolute Gasteiger partial charge is 0.330 e. The van der Waals surface area contributed by atoms with Gasteiger partial charge in [-0.05, 0) is 32.5 Å². The van der Waals surface area contributed by atoms with Crippen LogP contribution in [0.5, 0.6) is 0 Å². The monoisotopic (exact) mass is 435 g/mol. The lowest BCUT2D eigenvalue weighted by Crippen LogP contribution is -2.70. The van der Waals surface area contributed by atoms with Crippen LogP contribution in [-0.4, -0.2) is 76.0 Å². The van der Waals surface area contributed by atoms with Crippen molar-refractivity contribution >= 4 is 29.5 Å². The van der Waals surface area contributed by atoms with E-state index in [2.05, 4.69) is 24.1 Å². The fourth-order valence-electron chi connectivity index (χ4n) is 4.03. The second-order valence-electron chi connectivity index (χ2n) is 8.16. The average molecular weight is 436 g/mol. The van der Waals surface area contributed by atoms with Gasteiger partial charge in [0.15, 0.2) is 0 Å². The van der Waals surface area contributed by atoms with Gasteiger partial charge in [0.05, 0.1) is 6.42 Å². The Labute approximate surface area is 184 Å². The normalized spacial score (nSPS) is 24.4. The molecule has 0 aromatic heterocycles. The van der Waals surface area contributed by atoms with Gasteiger partial charge in [-0.2, -0.15) is 0 Å². The van der Waals surface area contributed by atoms with Gasteiger partial charge in [0.1, 0.15) is 24.1 Å². The largest absolute Gasteiger partial charge is 0.463 e. The quantitative estimate of drug-likeness (QED) is 0.472. The number of fused-ring (bicyclic) bond motifs is 1. The predicted octanol–water partition coefficient (Wildman–Crippen LogP) is 1.91. The van der Waals surface area contributed by atoms with Gasteiger partial charge in [-0.3, -0.25) is 9.59 Å². The fraction of sp³-hybridized carbons (Fsp3) is 0.591. The van der Waals surface area contributed by atoms with Gasteiger partial charge in [-0.25, -0.2) is 4.79 Å². The number of esters is 1. The molecule has 1 aromatic rings. The summed E-state index contributed by atoms with van der Waals surface area (Å²) in [6, 6.07) is 8.18. The topological polar surface area (TPSA) is 79.0 Å². The van der Waals surface area contributed by atoms with Crippen molar-refractivity contribution in [2.75, 3.05) is 26.2 Å². The molecule has 0 bridgehead atoms.